The lowest BCUT2D eigenvalue weighted by molar-refractivity contribution is -0.909. The summed E-state index contributed by atoms with van der Waals surface area (Å²) in [5, 5.41) is 0. The standard InChI is InChI=1S/C10H24N.C6H6.HI/c1-5-8-11(4,9-6-2)10-7-3;1-2-4-6-5-3-1;/h5-10H2,1-4H3;1-6H;1H/q+1;;/p-1. The van der Waals surface area contributed by atoms with Gasteiger partial charge >= 0.3 is 0 Å². The summed E-state index contributed by atoms with van der Waals surface area (Å²) in [6.07, 6.45) is 3.95. The molecule has 1 aromatic rings. The Labute approximate surface area is 131 Å². The fourth-order valence-corrected chi connectivity index (χ4v) is 2.34. The molecule has 0 fully saturated rings. The number of hydrogen-bond donors (Lipinski definition) is 0. The zero-order valence-corrected chi connectivity index (χ0v) is 14.7. The third-order valence-electron chi connectivity index (χ3n) is 2.96. The summed E-state index contributed by atoms with van der Waals surface area (Å²) in [4.78, 5) is 0. The van der Waals surface area contributed by atoms with Gasteiger partial charge in [0.05, 0.1) is 26.7 Å². The molecule has 0 spiro atoms. The molecule has 1 rings (SSSR count). The van der Waals surface area contributed by atoms with Gasteiger partial charge in [0.1, 0.15) is 0 Å². The van der Waals surface area contributed by atoms with E-state index < -0.39 is 0 Å². The average molecular weight is 363 g/mol. The van der Waals surface area contributed by atoms with Gasteiger partial charge in [0.15, 0.2) is 0 Å². The molecule has 1 nitrogen and oxygen atoms in total. The van der Waals surface area contributed by atoms with Gasteiger partial charge in [0.2, 0.25) is 0 Å². The number of benzene rings is 1. The fraction of sp³-hybridized carbons (Fsp3) is 0.625. The minimum atomic E-state index is 0. The third-order valence-corrected chi connectivity index (χ3v) is 2.96. The van der Waals surface area contributed by atoms with Crippen molar-refractivity contribution in [2.24, 2.45) is 0 Å². The molecular formula is C16H30IN. The maximum absolute atomic E-state index is 2.39. The van der Waals surface area contributed by atoms with Crippen LogP contribution < -0.4 is 24.0 Å². The van der Waals surface area contributed by atoms with Gasteiger partial charge in [0, 0.05) is 0 Å². The van der Waals surface area contributed by atoms with Crippen LogP contribution in [0.3, 0.4) is 0 Å². The van der Waals surface area contributed by atoms with Gasteiger partial charge in [-0.25, -0.2) is 0 Å². The van der Waals surface area contributed by atoms with Crippen LogP contribution in [0.4, 0.5) is 0 Å². The molecule has 106 valence electrons. The first-order chi connectivity index (χ1) is 8.18. The molecule has 0 amide bonds. The Bertz CT molecular complexity index is 205. The van der Waals surface area contributed by atoms with Crippen molar-refractivity contribution in [3.8, 4) is 0 Å². The topological polar surface area (TPSA) is 0 Å². The van der Waals surface area contributed by atoms with E-state index in [0.717, 1.165) is 0 Å². The first-order valence-corrected chi connectivity index (χ1v) is 7.02. The summed E-state index contributed by atoms with van der Waals surface area (Å²) in [6.45, 7) is 10.9. The molecule has 0 aliphatic heterocycles. The second-order valence-corrected chi connectivity index (χ2v) is 4.95. The Morgan fingerprint density at radius 3 is 1.00 bits per heavy atom. The smallest absolute Gasteiger partial charge is 0.0781 e. The van der Waals surface area contributed by atoms with Gasteiger partial charge in [-0.05, 0) is 19.3 Å². The minimum Gasteiger partial charge on any atom is -1.00 e. The lowest BCUT2D eigenvalue weighted by atomic mass is 10.2. The molecule has 0 aliphatic carbocycles. The Morgan fingerprint density at radius 2 is 0.833 bits per heavy atom. The van der Waals surface area contributed by atoms with E-state index >= 15 is 0 Å². The van der Waals surface area contributed by atoms with Crippen molar-refractivity contribution < 1.29 is 28.5 Å². The van der Waals surface area contributed by atoms with E-state index in [9.17, 15) is 0 Å². The van der Waals surface area contributed by atoms with Gasteiger partial charge in [-0.15, -0.1) is 0 Å². The molecule has 2 heteroatoms. The van der Waals surface area contributed by atoms with Gasteiger partial charge in [-0.1, -0.05) is 57.2 Å². The normalized spacial score (nSPS) is 10.0. The number of nitrogens with zero attached hydrogens (tertiary/aromatic N) is 1. The van der Waals surface area contributed by atoms with Crippen molar-refractivity contribution in [2.45, 2.75) is 40.0 Å². The minimum absolute atomic E-state index is 0. The molecule has 18 heavy (non-hydrogen) atoms. The van der Waals surface area contributed by atoms with Crippen LogP contribution in [-0.2, 0) is 0 Å². The molecule has 0 saturated carbocycles. The number of halogens is 1. The predicted molar refractivity (Wildman–Crippen MR) is 78.1 cm³/mol. The quantitative estimate of drug-likeness (QED) is 0.529. The zero-order chi connectivity index (χ0) is 13.0. The van der Waals surface area contributed by atoms with Crippen molar-refractivity contribution in [1.82, 2.24) is 0 Å². The third kappa shape index (κ3) is 11.0. The predicted octanol–water partition coefficient (Wildman–Crippen LogP) is 1.35. The van der Waals surface area contributed by atoms with Crippen molar-refractivity contribution in [3.05, 3.63) is 36.4 Å². The summed E-state index contributed by atoms with van der Waals surface area (Å²) in [5.74, 6) is 0. The van der Waals surface area contributed by atoms with Crippen LogP contribution in [0.15, 0.2) is 36.4 Å². The van der Waals surface area contributed by atoms with E-state index in [1.807, 2.05) is 36.4 Å². The molecule has 0 atom stereocenters. The van der Waals surface area contributed by atoms with E-state index in [1.54, 1.807) is 0 Å². The molecule has 0 unspecified atom stereocenters. The molecule has 0 heterocycles. The lowest BCUT2D eigenvalue weighted by Gasteiger charge is -2.33. The molecule has 0 aromatic heterocycles. The Kier molecular flexibility index (Phi) is 15.0. The molecular weight excluding hydrogens is 333 g/mol. The number of quaternary nitrogens is 1. The Morgan fingerprint density at radius 1 is 0.611 bits per heavy atom. The lowest BCUT2D eigenvalue weighted by Crippen LogP contribution is -3.00. The van der Waals surface area contributed by atoms with E-state index in [-0.39, 0.29) is 24.0 Å². The maximum atomic E-state index is 2.39. The fourth-order valence-electron chi connectivity index (χ4n) is 2.34. The average Bonchev–Trinajstić information content (AvgIpc) is 2.33. The second kappa shape index (κ2) is 13.3. The summed E-state index contributed by atoms with van der Waals surface area (Å²) >= 11 is 0. The van der Waals surface area contributed by atoms with Crippen LogP contribution in [-0.4, -0.2) is 31.2 Å². The summed E-state index contributed by atoms with van der Waals surface area (Å²) in [6, 6.07) is 12.0. The van der Waals surface area contributed by atoms with Gasteiger partial charge in [0.25, 0.3) is 0 Å². The zero-order valence-electron chi connectivity index (χ0n) is 12.5. The van der Waals surface area contributed by atoms with E-state index in [2.05, 4.69) is 27.8 Å². The summed E-state index contributed by atoms with van der Waals surface area (Å²) < 4.78 is 1.28. The monoisotopic (exact) mass is 363 g/mol. The van der Waals surface area contributed by atoms with Crippen LogP contribution in [0, 0.1) is 0 Å². The molecule has 0 bridgehead atoms. The molecule has 1 aromatic carbocycles. The van der Waals surface area contributed by atoms with Crippen molar-refractivity contribution in [2.75, 3.05) is 26.7 Å². The first kappa shape index (κ1) is 20.2. The number of hydrogen-bond acceptors (Lipinski definition) is 0. The molecule has 0 saturated heterocycles. The van der Waals surface area contributed by atoms with Crippen molar-refractivity contribution in [3.63, 3.8) is 0 Å². The van der Waals surface area contributed by atoms with Crippen molar-refractivity contribution >= 4 is 0 Å². The van der Waals surface area contributed by atoms with Crippen LogP contribution in [0.1, 0.15) is 40.0 Å². The van der Waals surface area contributed by atoms with E-state index in [1.165, 1.54) is 43.4 Å². The van der Waals surface area contributed by atoms with Gasteiger partial charge < -0.3 is 28.5 Å². The van der Waals surface area contributed by atoms with Crippen LogP contribution in [0.25, 0.3) is 0 Å². The highest BCUT2D eigenvalue weighted by atomic mass is 127. The van der Waals surface area contributed by atoms with Crippen LogP contribution in [0.5, 0.6) is 0 Å². The SMILES string of the molecule is CCC[N+](C)(CCC)CCC.[I-].c1ccccc1. The highest BCUT2D eigenvalue weighted by molar-refractivity contribution is 4.99. The number of rotatable bonds is 6. The Balaban J connectivity index is 0. The summed E-state index contributed by atoms with van der Waals surface area (Å²) in [7, 11) is 2.39. The van der Waals surface area contributed by atoms with Crippen molar-refractivity contribution in [1.29, 1.82) is 0 Å². The molecule has 0 radical (unpaired) electrons. The highest BCUT2D eigenvalue weighted by Crippen LogP contribution is 2.06. The van der Waals surface area contributed by atoms with Gasteiger partial charge in [-0.3, -0.25) is 0 Å². The van der Waals surface area contributed by atoms with Crippen LogP contribution >= 0.6 is 0 Å². The largest absolute Gasteiger partial charge is 1.00 e. The maximum Gasteiger partial charge on any atom is 0.0781 e. The van der Waals surface area contributed by atoms with E-state index in [4.69, 9.17) is 0 Å². The molecule has 0 N–H and O–H groups in total. The second-order valence-electron chi connectivity index (χ2n) is 4.95. The highest BCUT2D eigenvalue weighted by Gasteiger charge is 2.16. The summed E-state index contributed by atoms with van der Waals surface area (Å²) in [5.41, 5.74) is 0. The van der Waals surface area contributed by atoms with Crippen LogP contribution in [0.2, 0.25) is 0 Å². The molecule has 0 aliphatic rings. The van der Waals surface area contributed by atoms with E-state index in [0.29, 0.717) is 0 Å². The Hall–Kier alpha value is -0.0900. The first-order valence-electron chi connectivity index (χ1n) is 7.02. The van der Waals surface area contributed by atoms with Gasteiger partial charge in [-0.2, -0.15) is 0 Å².